The average molecular weight is 635 g/mol. The average Bonchev–Trinajstić information content (AvgIpc) is 3.68. The number of hydrogen-bond donors (Lipinski definition) is 0. The van der Waals surface area contributed by atoms with Gasteiger partial charge in [-0.3, -0.25) is 9.36 Å². The Bertz CT molecular complexity index is 2110. The minimum absolute atomic E-state index is 0.163. The van der Waals surface area contributed by atoms with E-state index in [0.29, 0.717) is 50.0 Å². The Labute approximate surface area is 268 Å². The molecule has 46 heavy (non-hydrogen) atoms. The number of nitrogens with zero attached hydrogens (tertiary/aromatic N) is 2. The second-order valence-corrected chi connectivity index (χ2v) is 11.2. The summed E-state index contributed by atoms with van der Waals surface area (Å²) in [7, 11) is 1.58. The van der Waals surface area contributed by atoms with Gasteiger partial charge in [-0.1, -0.05) is 65.9 Å². The molecule has 10 heteroatoms. The zero-order chi connectivity index (χ0) is 32.2. The van der Waals surface area contributed by atoms with Gasteiger partial charge in [0.1, 0.15) is 17.3 Å². The van der Waals surface area contributed by atoms with E-state index in [9.17, 15) is 14.4 Å². The number of esters is 2. The van der Waals surface area contributed by atoms with E-state index in [1.807, 2.05) is 42.5 Å². The molecular weight excluding hydrogens is 604 g/mol. The zero-order valence-corrected chi connectivity index (χ0v) is 26.2. The van der Waals surface area contributed by atoms with Crippen molar-refractivity contribution < 1.29 is 28.2 Å². The van der Waals surface area contributed by atoms with E-state index in [4.69, 9.17) is 23.6 Å². The lowest BCUT2D eigenvalue weighted by molar-refractivity contribution is -0.138. The Morgan fingerprint density at radius 2 is 1.57 bits per heavy atom. The molecular formula is C36H30N2O7S. The molecule has 5 aromatic rings. The van der Waals surface area contributed by atoms with E-state index in [2.05, 4.69) is 0 Å². The van der Waals surface area contributed by atoms with Crippen LogP contribution in [0.1, 0.15) is 47.1 Å². The number of furan rings is 1. The standard InChI is InChI=1S/C36H30N2O7S/c1-4-43-34(40)25-13-11-22(12-14-25)28-20-19-27(45-28)21-29-33(39)38-32(24-15-17-26(42-3)18-16-24)30(35(41)44-5-2)31(37-36(38)46-29)23-9-7-6-8-10-23/h6-21,32H,4-5H2,1-3H3/b29-21-/t32-/m1/s1. The molecule has 1 atom stereocenters. The molecule has 3 aromatic carbocycles. The first-order valence-electron chi connectivity index (χ1n) is 14.7. The van der Waals surface area contributed by atoms with Crippen LogP contribution in [0.3, 0.4) is 0 Å². The summed E-state index contributed by atoms with van der Waals surface area (Å²) in [5, 5.41) is 0. The maximum Gasteiger partial charge on any atom is 0.338 e. The summed E-state index contributed by atoms with van der Waals surface area (Å²) in [5.74, 6) is 0.735. The number of hydrogen-bond acceptors (Lipinski definition) is 9. The van der Waals surface area contributed by atoms with Crippen molar-refractivity contribution in [2.45, 2.75) is 19.9 Å². The van der Waals surface area contributed by atoms with Gasteiger partial charge < -0.3 is 18.6 Å². The smallest absolute Gasteiger partial charge is 0.338 e. The fraction of sp³-hybridized carbons (Fsp3) is 0.167. The highest BCUT2D eigenvalue weighted by Crippen LogP contribution is 2.35. The van der Waals surface area contributed by atoms with Crippen LogP contribution in [0.15, 0.2) is 111 Å². The lowest BCUT2D eigenvalue weighted by Crippen LogP contribution is -2.40. The minimum Gasteiger partial charge on any atom is -0.497 e. The number of rotatable bonds is 9. The van der Waals surface area contributed by atoms with Gasteiger partial charge in [0.25, 0.3) is 5.56 Å². The van der Waals surface area contributed by atoms with Crippen molar-refractivity contribution in [1.29, 1.82) is 0 Å². The molecule has 2 aromatic heterocycles. The summed E-state index contributed by atoms with van der Waals surface area (Å²) < 4.78 is 23.9. The molecule has 9 nitrogen and oxygen atoms in total. The third kappa shape index (κ3) is 5.94. The highest BCUT2D eigenvalue weighted by atomic mass is 32.1. The molecule has 0 aliphatic carbocycles. The monoisotopic (exact) mass is 634 g/mol. The number of carbonyl (C=O) groups excluding carboxylic acids is 2. The first kappa shape index (κ1) is 30.5. The van der Waals surface area contributed by atoms with Crippen LogP contribution in [-0.4, -0.2) is 36.8 Å². The van der Waals surface area contributed by atoms with Crippen molar-refractivity contribution in [2.24, 2.45) is 4.99 Å². The largest absolute Gasteiger partial charge is 0.497 e. The van der Waals surface area contributed by atoms with Crippen molar-refractivity contribution in [3.63, 3.8) is 0 Å². The first-order chi connectivity index (χ1) is 22.4. The summed E-state index contributed by atoms with van der Waals surface area (Å²) in [4.78, 5) is 45.1. The molecule has 0 unspecified atom stereocenters. The van der Waals surface area contributed by atoms with Gasteiger partial charge in [0.05, 0.1) is 47.7 Å². The van der Waals surface area contributed by atoms with Gasteiger partial charge >= 0.3 is 11.9 Å². The van der Waals surface area contributed by atoms with Gasteiger partial charge in [-0.05, 0) is 55.8 Å². The molecule has 6 rings (SSSR count). The number of fused-ring (bicyclic) bond motifs is 1. The molecule has 0 N–H and O–H groups in total. The predicted octanol–water partition coefficient (Wildman–Crippen LogP) is 5.38. The summed E-state index contributed by atoms with van der Waals surface area (Å²) in [6.07, 6.45) is 1.67. The second-order valence-electron chi connectivity index (χ2n) is 10.2. The first-order valence-corrected chi connectivity index (χ1v) is 15.5. The van der Waals surface area contributed by atoms with Crippen molar-refractivity contribution in [3.8, 4) is 17.1 Å². The van der Waals surface area contributed by atoms with E-state index >= 15 is 0 Å². The quantitative estimate of drug-likeness (QED) is 0.200. The van der Waals surface area contributed by atoms with Crippen LogP contribution in [-0.2, 0) is 14.3 Å². The lowest BCUT2D eigenvalue weighted by Gasteiger charge is -2.26. The molecule has 1 aliphatic heterocycles. The predicted molar refractivity (Wildman–Crippen MR) is 174 cm³/mol. The van der Waals surface area contributed by atoms with Crippen molar-refractivity contribution >= 4 is 35.0 Å². The Kier molecular flexibility index (Phi) is 8.80. The Morgan fingerprint density at radius 3 is 2.24 bits per heavy atom. The van der Waals surface area contributed by atoms with Gasteiger partial charge in [-0.25, -0.2) is 14.6 Å². The topological polar surface area (TPSA) is 109 Å². The van der Waals surface area contributed by atoms with E-state index in [-0.39, 0.29) is 23.7 Å². The lowest BCUT2D eigenvalue weighted by atomic mass is 9.93. The molecule has 0 saturated heterocycles. The van der Waals surface area contributed by atoms with Crippen molar-refractivity contribution in [3.05, 3.63) is 139 Å². The fourth-order valence-corrected chi connectivity index (χ4v) is 6.22. The molecule has 0 bridgehead atoms. The van der Waals surface area contributed by atoms with Gasteiger partial charge in [0, 0.05) is 17.2 Å². The highest BCUT2D eigenvalue weighted by molar-refractivity contribution is 7.07. The van der Waals surface area contributed by atoms with Crippen LogP contribution >= 0.6 is 11.3 Å². The number of thiazole rings is 1. The molecule has 3 heterocycles. The van der Waals surface area contributed by atoms with Gasteiger partial charge in [0.2, 0.25) is 0 Å². The van der Waals surface area contributed by atoms with Gasteiger partial charge in [0.15, 0.2) is 4.80 Å². The molecule has 232 valence electrons. The van der Waals surface area contributed by atoms with Crippen LogP contribution in [0, 0.1) is 0 Å². The van der Waals surface area contributed by atoms with E-state index in [0.717, 1.165) is 11.1 Å². The SMILES string of the molecule is CCOC(=O)C1=C(c2ccccc2)N=c2s/c(=C\c3ccc(-c4ccc(C(=O)OCC)cc4)o3)c(=O)n2[C@@H]1c1ccc(OC)cc1. The number of benzene rings is 3. The Morgan fingerprint density at radius 1 is 0.870 bits per heavy atom. The normalized spacial score (nSPS) is 14.4. The number of carbonyl (C=O) groups is 2. The molecule has 0 amide bonds. The highest BCUT2D eigenvalue weighted by Gasteiger charge is 2.35. The Hall–Kier alpha value is -5.48. The van der Waals surface area contributed by atoms with Gasteiger partial charge in [-0.2, -0.15) is 0 Å². The minimum atomic E-state index is -0.802. The molecule has 0 radical (unpaired) electrons. The van der Waals surface area contributed by atoms with Crippen LogP contribution in [0.5, 0.6) is 5.75 Å². The maximum absolute atomic E-state index is 14.1. The number of aromatic nitrogens is 1. The van der Waals surface area contributed by atoms with Crippen molar-refractivity contribution in [1.82, 2.24) is 4.57 Å². The molecule has 0 saturated carbocycles. The molecule has 1 aliphatic rings. The van der Waals surface area contributed by atoms with E-state index < -0.39 is 12.0 Å². The summed E-state index contributed by atoms with van der Waals surface area (Å²) >= 11 is 1.21. The second kappa shape index (κ2) is 13.3. The summed E-state index contributed by atoms with van der Waals surface area (Å²) in [5.41, 5.74) is 3.03. The van der Waals surface area contributed by atoms with Crippen LogP contribution in [0.2, 0.25) is 0 Å². The fourth-order valence-electron chi connectivity index (χ4n) is 5.24. The molecule has 0 spiro atoms. The number of methoxy groups -OCH3 is 1. The summed E-state index contributed by atoms with van der Waals surface area (Å²) in [6.45, 7) is 3.96. The molecule has 0 fully saturated rings. The van der Waals surface area contributed by atoms with Crippen molar-refractivity contribution in [2.75, 3.05) is 20.3 Å². The third-order valence-corrected chi connectivity index (χ3v) is 8.37. The Balaban J connectivity index is 1.47. The van der Waals surface area contributed by atoms with Crippen LogP contribution in [0.4, 0.5) is 0 Å². The summed E-state index contributed by atoms with van der Waals surface area (Å²) in [6, 6.07) is 26.3. The third-order valence-electron chi connectivity index (χ3n) is 7.39. The number of ether oxygens (including phenoxy) is 3. The van der Waals surface area contributed by atoms with Crippen LogP contribution < -0.4 is 19.6 Å². The zero-order valence-electron chi connectivity index (χ0n) is 25.4. The maximum atomic E-state index is 14.1. The van der Waals surface area contributed by atoms with Crippen LogP contribution in [0.25, 0.3) is 23.1 Å². The van der Waals surface area contributed by atoms with Gasteiger partial charge in [-0.15, -0.1) is 0 Å². The van der Waals surface area contributed by atoms with E-state index in [1.54, 1.807) is 75.6 Å². The van der Waals surface area contributed by atoms with E-state index in [1.165, 1.54) is 15.9 Å².